The van der Waals surface area contributed by atoms with E-state index in [2.05, 4.69) is 30.4 Å². The summed E-state index contributed by atoms with van der Waals surface area (Å²) in [4.78, 5) is 16.3. The van der Waals surface area contributed by atoms with Crippen LogP contribution in [0, 0.1) is 6.92 Å². The molecule has 0 aliphatic heterocycles. The van der Waals surface area contributed by atoms with Crippen LogP contribution in [-0.2, 0) is 0 Å². The van der Waals surface area contributed by atoms with Crippen LogP contribution in [0.1, 0.15) is 12.7 Å². The third-order valence-corrected chi connectivity index (χ3v) is 1.69. The topological polar surface area (TPSA) is 81.4 Å². The first-order valence-corrected chi connectivity index (χ1v) is 4.61. The van der Waals surface area contributed by atoms with Gasteiger partial charge in [-0.05, 0) is 13.8 Å². The zero-order valence-electron chi connectivity index (χ0n) is 8.55. The van der Waals surface area contributed by atoms with Gasteiger partial charge < -0.3 is 5.32 Å². The van der Waals surface area contributed by atoms with E-state index < -0.39 is 0 Å². The lowest BCUT2D eigenvalue weighted by atomic mass is 10.6. The van der Waals surface area contributed by atoms with Gasteiger partial charge in [0, 0.05) is 6.54 Å². The summed E-state index contributed by atoms with van der Waals surface area (Å²) in [6, 6.07) is 0. The van der Waals surface area contributed by atoms with Crippen LogP contribution >= 0.6 is 0 Å². The smallest absolute Gasteiger partial charge is 0.257 e. The molecular weight excluding hydrogens is 194 g/mol. The Morgan fingerprint density at radius 2 is 2.20 bits per heavy atom. The molecule has 0 saturated heterocycles. The molecule has 0 bridgehead atoms. The predicted octanol–water partition coefficient (Wildman–Crippen LogP) is 0.193. The van der Waals surface area contributed by atoms with Crippen LogP contribution in [0.5, 0.6) is 0 Å². The lowest BCUT2D eigenvalue weighted by Gasteiger charge is -2.04. The van der Waals surface area contributed by atoms with Crippen LogP contribution in [0.3, 0.4) is 0 Å². The third kappa shape index (κ3) is 2.06. The summed E-state index contributed by atoms with van der Waals surface area (Å²) in [5.41, 5.74) is 0. The van der Waals surface area contributed by atoms with Crippen LogP contribution in [0.25, 0.3) is 5.95 Å². The number of nitrogens with zero attached hydrogens (tertiary/aromatic N) is 6. The monoisotopic (exact) mass is 205 g/mol. The van der Waals surface area contributed by atoms with Gasteiger partial charge in [0.05, 0.1) is 0 Å². The second kappa shape index (κ2) is 3.99. The fourth-order valence-electron chi connectivity index (χ4n) is 1.12. The van der Waals surface area contributed by atoms with Crippen molar-refractivity contribution in [2.45, 2.75) is 13.8 Å². The van der Waals surface area contributed by atoms with Crippen molar-refractivity contribution in [3.63, 3.8) is 0 Å². The second-order valence-corrected chi connectivity index (χ2v) is 2.88. The molecule has 0 aromatic carbocycles. The quantitative estimate of drug-likeness (QED) is 0.770. The number of hydrogen-bond acceptors (Lipinski definition) is 6. The van der Waals surface area contributed by atoms with E-state index in [1.165, 1.54) is 11.0 Å². The molecule has 2 aromatic heterocycles. The standard InChI is InChI=1S/C8H11N7/c1-3-10-7-12-6(2)13-8(14-7)15-5-9-4-11-15/h4-5H,3H2,1-2H3,(H,10,12,13,14). The van der Waals surface area contributed by atoms with E-state index in [-0.39, 0.29) is 0 Å². The van der Waals surface area contributed by atoms with Crippen LogP contribution in [0.15, 0.2) is 12.7 Å². The Balaban J connectivity index is 2.40. The maximum atomic E-state index is 4.19. The number of rotatable bonds is 3. The maximum absolute atomic E-state index is 4.19. The molecule has 0 unspecified atom stereocenters. The van der Waals surface area contributed by atoms with Crippen molar-refractivity contribution in [1.82, 2.24) is 29.7 Å². The maximum Gasteiger partial charge on any atom is 0.257 e. The average Bonchev–Trinajstić information content (AvgIpc) is 2.70. The van der Waals surface area contributed by atoms with Crippen molar-refractivity contribution in [3.05, 3.63) is 18.5 Å². The summed E-state index contributed by atoms with van der Waals surface area (Å²) in [6.45, 7) is 4.55. The first-order chi connectivity index (χ1) is 7.29. The van der Waals surface area contributed by atoms with Gasteiger partial charge in [-0.1, -0.05) is 0 Å². The van der Waals surface area contributed by atoms with E-state index in [0.29, 0.717) is 17.7 Å². The molecule has 2 aromatic rings. The molecule has 7 nitrogen and oxygen atoms in total. The minimum absolute atomic E-state index is 0.468. The molecule has 0 amide bonds. The molecule has 2 rings (SSSR count). The van der Waals surface area contributed by atoms with Gasteiger partial charge in [0.15, 0.2) is 0 Å². The Hall–Kier alpha value is -2.05. The van der Waals surface area contributed by atoms with Gasteiger partial charge in [0.2, 0.25) is 5.95 Å². The lowest BCUT2D eigenvalue weighted by molar-refractivity contribution is 0.781. The van der Waals surface area contributed by atoms with E-state index in [4.69, 9.17) is 0 Å². The fraction of sp³-hybridized carbons (Fsp3) is 0.375. The highest BCUT2D eigenvalue weighted by molar-refractivity contribution is 5.27. The Kier molecular flexibility index (Phi) is 2.53. The van der Waals surface area contributed by atoms with E-state index >= 15 is 0 Å². The first kappa shape index (κ1) is 9.50. The molecule has 7 heteroatoms. The summed E-state index contributed by atoms with van der Waals surface area (Å²) >= 11 is 0. The summed E-state index contributed by atoms with van der Waals surface area (Å²) < 4.78 is 1.50. The van der Waals surface area contributed by atoms with Crippen molar-refractivity contribution < 1.29 is 0 Å². The Morgan fingerprint density at radius 3 is 2.87 bits per heavy atom. The fourth-order valence-corrected chi connectivity index (χ4v) is 1.12. The average molecular weight is 205 g/mol. The van der Waals surface area contributed by atoms with Crippen molar-refractivity contribution >= 4 is 5.95 Å². The molecule has 1 N–H and O–H groups in total. The second-order valence-electron chi connectivity index (χ2n) is 2.88. The Morgan fingerprint density at radius 1 is 1.33 bits per heavy atom. The molecule has 0 radical (unpaired) electrons. The van der Waals surface area contributed by atoms with Crippen molar-refractivity contribution in [3.8, 4) is 5.95 Å². The highest BCUT2D eigenvalue weighted by Crippen LogP contribution is 2.03. The van der Waals surface area contributed by atoms with E-state index in [9.17, 15) is 0 Å². The molecule has 0 saturated carbocycles. The van der Waals surface area contributed by atoms with Crippen LogP contribution in [0.4, 0.5) is 5.95 Å². The molecule has 0 atom stereocenters. The molecule has 0 aliphatic rings. The molecule has 0 fully saturated rings. The van der Waals surface area contributed by atoms with Gasteiger partial charge in [0.25, 0.3) is 5.95 Å². The van der Waals surface area contributed by atoms with Gasteiger partial charge in [0.1, 0.15) is 18.5 Å². The summed E-state index contributed by atoms with van der Waals surface area (Å²) in [7, 11) is 0. The highest BCUT2D eigenvalue weighted by atomic mass is 15.4. The van der Waals surface area contributed by atoms with Crippen LogP contribution in [0.2, 0.25) is 0 Å². The van der Waals surface area contributed by atoms with Crippen molar-refractivity contribution in [1.29, 1.82) is 0 Å². The molecule has 78 valence electrons. The zero-order chi connectivity index (χ0) is 10.7. The van der Waals surface area contributed by atoms with E-state index in [0.717, 1.165) is 6.54 Å². The van der Waals surface area contributed by atoms with Crippen molar-refractivity contribution in [2.24, 2.45) is 0 Å². The van der Waals surface area contributed by atoms with Crippen molar-refractivity contribution in [2.75, 3.05) is 11.9 Å². The normalized spacial score (nSPS) is 10.3. The number of anilines is 1. The summed E-state index contributed by atoms with van der Waals surface area (Å²) in [5.74, 6) is 1.66. The van der Waals surface area contributed by atoms with Crippen LogP contribution in [-0.4, -0.2) is 36.3 Å². The molecular formula is C8H11N7. The lowest BCUT2D eigenvalue weighted by Crippen LogP contribution is -2.10. The number of aromatic nitrogens is 6. The van der Waals surface area contributed by atoms with Gasteiger partial charge in [-0.25, -0.2) is 4.98 Å². The molecule has 0 aliphatic carbocycles. The number of nitrogens with one attached hydrogen (secondary N) is 1. The summed E-state index contributed by atoms with van der Waals surface area (Å²) in [6.07, 6.45) is 2.98. The predicted molar refractivity (Wildman–Crippen MR) is 53.6 cm³/mol. The minimum atomic E-state index is 0.468. The van der Waals surface area contributed by atoms with Crippen LogP contribution < -0.4 is 5.32 Å². The number of aryl methyl sites for hydroxylation is 1. The summed E-state index contributed by atoms with van der Waals surface area (Å²) in [5, 5.41) is 6.98. The molecule has 0 spiro atoms. The number of hydrogen-bond donors (Lipinski definition) is 1. The van der Waals surface area contributed by atoms with Gasteiger partial charge in [-0.15, -0.1) is 0 Å². The minimum Gasteiger partial charge on any atom is -0.354 e. The van der Waals surface area contributed by atoms with Gasteiger partial charge in [-0.2, -0.15) is 24.7 Å². The first-order valence-electron chi connectivity index (χ1n) is 4.61. The Labute approximate surface area is 86.6 Å². The van der Waals surface area contributed by atoms with E-state index in [1.807, 2.05) is 13.8 Å². The zero-order valence-corrected chi connectivity index (χ0v) is 8.55. The van der Waals surface area contributed by atoms with Gasteiger partial charge in [-0.3, -0.25) is 0 Å². The largest absolute Gasteiger partial charge is 0.354 e. The third-order valence-electron chi connectivity index (χ3n) is 1.69. The Bertz CT molecular complexity index is 436. The molecule has 2 heterocycles. The van der Waals surface area contributed by atoms with E-state index in [1.54, 1.807) is 6.33 Å². The highest BCUT2D eigenvalue weighted by Gasteiger charge is 2.04. The SMILES string of the molecule is CCNc1nc(C)nc(-n2cncn2)n1. The van der Waals surface area contributed by atoms with Gasteiger partial charge >= 0.3 is 0 Å². The molecule has 15 heavy (non-hydrogen) atoms.